The van der Waals surface area contributed by atoms with Crippen LogP contribution in [0.5, 0.6) is 0 Å². The molecule has 106 valence electrons. The van der Waals surface area contributed by atoms with Crippen LogP contribution >= 0.6 is 0 Å². The Hall–Kier alpha value is -0.940. The summed E-state index contributed by atoms with van der Waals surface area (Å²) >= 11 is 0. The lowest BCUT2D eigenvalue weighted by atomic mass is 9.86. The van der Waals surface area contributed by atoms with Crippen molar-refractivity contribution in [3.63, 3.8) is 0 Å². The number of rotatable bonds is 4. The van der Waals surface area contributed by atoms with Crippen molar-refractivity contribution in [3.05, 3.63) is 11.9 Å². The lowest BCUT2D eigenvalue weighted by molar-refractivity contribution is -0.0176. The van der Waals surface area contributed by atoms with E-state index in [1.54, 1.807) is 4.68 Å². The molecule has 1 unspecified atom stereocenters. The van der Waals surface area contributed by atoms with Crippen LogP contribution in [0.4, 0.5) is 0 Å². The zero-order valence-electron chi connectivity index (χ0n) is 11.8. The van der Waals surface area contributed by atoms with Crippen molar-refractivity contribution in [1.29, 1.82) is 0 Å². The van der Waals surface area contributed by atoms with Crippen LogP contribution in [0.15, 0.2) is 6.20 Å². The van der Waals surface area contributed by atoms with Gasteiger partial charge in [-0.1, -0.05) is 18.1 Å². The van der Waals surface area contributed by atoms with Crippen LogP contribution in [0.25, 0.3) is 0 Å². The molecule has 0 spiro atoms. The van der Waals surface area contributed by atoms with Gasteiger partial charge in [-0.25, -0.2) is 0 Å². The molecule has 2 heterocycles. The van der Waals surface area contributed by atoms with E-state index in [2.05, 4.69) is 15.2 Å². The summed E-state index contributed by atoms with van der Waals surface area (Å²) in [5, 5.41) is 18.9. The van der Waals surface area contributed by atoms with E-state index in [1.165, 1.54) is 25.7 Å². The lowest BCUT2D eigenvalue weighted by Gasteiger charge is -2.42. The maximum atomic E-state index is 10.8. The zero-order chi connectivity index (χ0) is 13.3. The van der Waals surface area contributed by atoms with Crippen LogP contribution in [0.2, 0.25) is 0 Å². The van der Waals surface area contributed by atoms with Crippen molar-refractivity contribution in [2.45, 2.75) is 56.6 Å². The number of hydrogen-bond donors (Lipinski definition) is 1. The van der Waals surface area contributed by atoms with Crippen LogP contribution in [-0.2, 0) is 13.5 Å². The quantitative estimate of drug-likeness (QED) is 0.885. The Morgan fingerprint density at radius 2 is 1.95 bits per heavy atom. The third-order valence-electron chi connectivity index (χ3n) is 4.88. The summed E-state index contributed by atoms with van der Waals surface area (Å²) in [5.41, 5.74) is 0.911. The highest BCUT2D eigenvalue weighted by molar-refractivity contribution is 5.06. The van der Waals surface area contributed by atoms with Gasteiger partial charge < -0.3 is 5.11 Å². The zero-order valence-corrected chi connectivity index (χ0v) is 11.8. The van der Waals surface area contributed by atoms with Crippen molar-refractivity contribution in [1.82, 2.24) is 19.9 Å². The van der Waals surface area contributed by atoms with Gasteiger partial charge in [0.05, 0.1) is 11.8 Å². The van der Waals surface area contributed by atoms with Gasteiger partial charge in [0.1, 0.15) is 0 Å². The van der Waals surface area contributed by atoms with Crippen molar-refractivity contribution >= 4 is 0 Å². The molecule has 2 fully saturated rings. The molecule has 3 rings (SSSR count). The summed E-state index contributed by atoms with van der Waals surface area (Å²) in [6, 6.07) is 0. The molecule has 1 N–H and O–H groups in total. The van der Waals surface area contributed by atoms with Crippen LogP contribution in [0, 0.1) is 0 Å². The molecule has 1 aliphatic carbocycles. The highest BCUT2D eigenvalue weighted by Gasteiger charge is 2.46. The van der Waals surface area contributed by atoms with Crippen LogP contribution in [-0.4, -0.2) is 49.7 Å². The van der Waals surface area contributed by atoms with Crippen molar-refractivity contribution in [2.75, 3.05) is 13.1 Å². The van der Waals surface area contributed by atoms with Crippen LogP contribution in [0.1, 0.15) is 44.2 Å². The monoisotopic (exact) mass is 264 g/mol. The molecule has 1 atom stereocenters. The average Bonchev–Trinajstić information content (AvgIpc) is 3.09. The second kappa shape index (κ2) is 5.21. The summed E-state index contributed by atoms with van der Waals surface area (Å²) in [5.74, 6) is 0. The molecule has 1 aromatic rings. The topological polar surface area (TPSA) is 54.2 Å². The Morgan fingerprint density at radius 1 is 1.26 bits per heavy atom. The molecule has 1 aliphatic heterocycles. The number of nitrogens with zero attached hydrogens (tertiary/aromatic N) is 4. The second-order valence-corrected chi connectivity index (χ2v) is 6.11. The SMILES string of the molecule is Cn1cc(CC(O)C2(N3CCCC3)CCCC2)nn1. The molecule has 2 aliphatic rings. The standard InChI is InChI=1S/C14H24N4O/c1-17-11-12(15-16-17)10-13(19)14(6-2-3-7-14)18-8-4-5-9-18/h11,13,19H,2-10H2,1H3. The Bertz CT molecular complexity index is 419. The predicted octanol–water partition coefficient (Wildman–Crippen LogP) is 1.13. The molecule has 5 nitrogen and oxygen atoms in total. The summed E-state index contributed by atoms with van der Waals surface area (Å²) in [6.45, 7) is 2.30. The Labute approximate surface area is 114 Å². The van der Waals surface area contributed by atoms with Crippen LogP contribution < -0.4 is 0 Å². The van der Waals surface area contributed by atoms with Gasteiger partial charge in [0.15, 0.2) is 0 Å². The number of aliphatic hydroxyl groups excluding tert-OH is 1. The first-order valence-corrected chi connectivity index (χ1v) is 7.49. The smallest absolute Gasteiger partial charge is 0.0853 e. The fourth-order valence-corrected chi connectivity index (χ4v) is 3.89. The fraction of sp³-hybridized carbons (Fsp3) is 0.857. The third-order valence-corrected chi connectivity index (χ3v) is 4.88. The van der Waals surface area contributed by atoms with Crippen molar-refractivity contribution in [2.24, 2.45) is 7.05 Å². The third kappa shape index (κ3) is 2.41. The Morgan fingerprint density at radius 3 is 2.53 bits per heavy atom. The summed E-state index contributed by atoms with van der Waals surface area (Å²) in [6.07, 6.45) is 9.54. The minimum absolute atomic E-state index is 0.00796. The second-order valence-electron chi connectivity index (χ2n) is 6.11. The molecule has 0 amide bonds. The lowest BCUT2D eigenvalue weighted by Crippen LogP contribution is -2.54. The Kier molecular flexibility index (Phi) is 3.58. The van der Waals surface area contributed by atoms with Gasteiger partial charge in [-0.3, -0.25) is 9.58 Å². The van der Waals surface area contributed by atoms with E-state index in [1.807, 2.05) is 13.2 Å². The average molecular weight is 264 g/mol. The first kappa shape index (κ1) is 13.1. The van der Waals surface area contributed by atoms with Gasteiger partial charge >= 0.3 is 0 Å². The first-order chi connectivity index (χ1) is 9.21. The van der Waals surface area contributed by atoms with E-state index < -0.39 is 0 Å². The highest BCUT2D eigenvalue weighted by Crippen LogP contribution is 2.40. The molecular weight excluding hydrogens is 240 g/mol. The van der Waals surface area contributed by atoms with E-state index >= 15 is 0 Å². The van der Waals surface area contributed by atoms with Gasteiger partial charge in [0, 0.05) is 25.2 Å². The van der Waals surface area contributed by atoms with Gasteiger partial charge in [-0.2, -0.15) is 0 Å². The molecule has 5 heteroatoms. The van der Waals surface area contributed by atoms with Gasteiger partial charge in [-0.15, -0.1) is 5.10 Å². The molecule has 1 saturated carbocycles. The molecule has 0 aromatic carbocycles. The predicted molar refractivity (Wildman–Crippen MR) is 72.7 cm³/mol. The van der Waals surface area contributed by atoms with Gasteiger partial charge in [0.2, 0.25) is 0 Å². The van der Waals surface area contributed by atoms with Crippen molar-refractivity contribution in [3.8, 4) is 0 Å². The minimum atomic E-state index is -0.315. The number of hydrogen-bond acceptors (Lipinski definition) is 4. The first-order valence-electron chi connectivity index (χ1n) is 7.49. The van der Waals surface area contributed by atoms with E-state index in [9.17, 15) is 5.11 Å². The molecular formula is C14H24N4O. The highest BCUT2D eigenvalue weighted by atomic mass is 16.3. The molecule has 1 aromatic heterocycles. The van der Waals surface area contributed by atoms with E-state index in [4.69, 9.17) is 0 Å². The maximum absolute atomic E-state index is 10.8. The van der Waals surface area contributed by atoms with Crippen molar-refractivity contribution < 1.29 is 5.11 Å². The van der Waals surface area contributed by atoms with Crippen LogP contribution in [0.3, 0.4) is 0 Å². The van der Waals surface area contributed by atoms with Gasteiger partial charge in [-0.05, 0) is 38.8 Å². The fourth-order valence-electron chi connectivity index (χ4n) is 3.89. The maximum Gasteiger partial charge on any atom is 0.0853 e. The summed E-state index contributed by atoms with van der Waals surface area (Å²) in [7, 11) is 1.87. The minimum Gasteiger partial charge on any atom is -0.391 e. The Balaban J connectivity index is 1.75. The molecule has 0 bridgehead atoms. The number of aromatic nitrogens is 3. The number of aryl methyl sites for hydroxylation is 1. The number of aliphatic hydroxyl groups is 1. The molecule has 1 saturated heterocycles. The normalized spacial score (nSPS) is 24.9. The largest absolute Gasteiger partial charge is 0.391 e. The van der Waals surface area contributed by atoms with Gasteiger partial charge in [0.25, 0.3) is 0 Å². The molecule has 0 radical (unpaired) electrons. The van der Waals surface area contributed by atoms with E-state index in [0.717, 1.165) is 31.6 Å². The number of likely N-dealkylation sites (tertiary alicyclic amines) is 1. The van der Waals surface area contributed by atoms with E-state index in [-0.39, 0.29) is 11.6 Å². The molecule has 19 heavy (non-hydrogen) atoms. The summed E-state index contributed by atoms with van der Waals surface area (Å²) < 4.78 is 1.71. The van der Waals surface area contributed by atoms with E-state index in [0.29, 0.717) is 6.42 Å². The summed E-state index contributed by atoms with van der Waals surface area (Å²) in [4.78, 5) is 2.54.